The van der Waals surface area contributed by atoms with Gasteiger partial charge < -0.3 is 8.98 Å². The molecule has 50 heavy (non-hydrogen) atoms. The lowest BCUT2D eigenvalue weighted by Gasteiger charge is -2.42. The molecule has 10 rings (SSSR count). The molecule has 0 saturated carbocycles. The van der Waals surface area contributed by atoms with Crippen molar-refractivity contribution in [2.75, 3.05) is 0 Å². The Morgan fingerprint density at radius 2 is 1.30 bits per heavy atom. The smallest absolute Gasteiger partial charge is 0.143 e. The minimum absolute atomic E-state index is 0.0123. The van der Waals surface area contributed by atoms with Crippen molar-refractivity contribution in [3.8, 4) is 16.8 Å². The maximum Gasteiger partial charge on any atom is 0.143 e. The van der Waals surface area contributed by atoms with Crippen LogP contribution in [-0.4, -0.2) is 10.7 Å². The number of para-hydroxylation sites is 3. The zero-order valence-corrected chi connectivity index (χ0v) is 27.5. The Kier molecular flexibility index (Phi) is 7.01. The number of rotatable bonds is 5. The summed E-state index contributed by atoms with van der Waals surface area (Å²) in [5, 5.41) is 16.4. The van der Waals surface area contributed by atoms with Crippen LogP contribution in [0.2, 0.25) is 0 Å². The number of aromatic nitrogens is 1. The van der Waals surface area contributed by atoms with Crippen LogP contribution in [0.15, 0.2) is 168 Å². The minimum atomic E-state index is -0.0466. The number of benzene rings is 6. The summed E-state index contributed by atoms with van der Waals surface area (Å²) in [7, 11) is 0. The Morgan fingerprint density at radius 1 is 0.560 bits per heavy atom. The fraction of sp³-hybridized carbons (Fsp3) is 0.111. The second-order valence-electron chi connectivity index (χ2n) is 13.4. The van der Waals surface area contributed by atoms with Crippen LogP contribution in [0.5, 0.6) is 0 Å². The summed E-state index contributed by atoms with van der Waals surface area (Å²) in [5.41, 5.74) is 10.0. The van der Waals surface area contributed by atoms with Crippen LogP contribution in [0.3, 0.4) is 0 Å². The molecule has 4 atom stereocenters. The lowest BCUT2D eigenvalue weighted by molar-refractivity contribution is 0.170. The molecule has 2 aliphatic rings. The van der Waals surface area contributed by atoms with E-state index in [1.807, 2.05) is 12.1 Å². The summed E-state index contributed by atoms with van der Waals surface area (Å²) in [6.45, 7) is 0. The lowest BCUT2D eigenvalue weighted by atomic mass is 9.95. The first kappa shape index (κ1) is 29.2. The zero-order chi connectivity index (χ0) is 33.0. The quantitative estimate of drug-likeness (QED) is 0.174. The molecule has 6 aromatic carbocycles. The van der Waals surface area contributed by atoms with E-state index in [1.165, 1.54) is 32.9 Å². The summed E-state index contributed by atoms with van der Waals surface area (Å²) < 4.78 is 8.84. The third kappa shape index (κ3) is 4.90. The Labute approximate surface area is 290 Å². The fourth-order valence-electron chi connectivity index (χ4n) is 8.03. The monoisotopic (exact) mass is 648 g/mol. The maximum absolute atomic E-state index is 6.44. The van der Waals surface area contributed by atoms with Crippen LogP contribution in [0, 0.1) is 5.92 Å². The van der Waals surface area contributed by atoms with Gasteiger partial charge >= 0.3 is 0 Å². The lowest BCUT2D eigenvalue weighted by Crippen LogP contribution is -2.61. The predicted octanol–water partition coefficient (Wildman–Crippen LogP) is 10.3. The van der Waals surface area contributed by atoms with Gasteiger partial charge in [0.2, 0.25) is 0 Å². The minimum Gasteiger partial charge on any atom is -0.455 e. The number of nitrogens with one attached hydrogen (secondary N) is 3. The van der Waals surface area contributed by atoms with Crippen LogP contribution in [-0.2, 0) is 0 Å². The summed E-state index contributed by atoms with van der Waals surface area (Å²) in [4.78, 5) is 0. The van der Waals surface area contributed by atoms with Crippen molar-refractivity contribution in [2.24, 2.45) is 5.92 Å². The van der Waals surface area contributed by atoms with Gasteiger partial charge in [-0.15, -0.1) is 0 Å². The van der Waals surface area contributed by atoms with E-state index in [0.29, 0.717) is 5.92 Å². The molecule has 5 nitrogen and oxygen atoms in total. The predicted molar refractivity (Wildman–Crippen MR) is 205 cm³/mol. The summed E-state index contributed by atoms with van der Waals surface area (Å²) in [6, 6.07) is 50.0. The van der Waals surface area contributed by atoms with Gasteiger partial charge in [-0.1, -0.05) is 127 Å². The number of furan rings is 1. The molecule has 1 saturated heterocycles. The van der Waals surface area contributed by atoms with E-state index in [4.69, 9.17) is 4.42 Å². The second kappa shape index (κ2) is 12.0. The van der Waals surface area contributed by atoms with Crippen LogP contribution in [0.1, 0.15) is 29.9 Å². The summed E-state index contributed by atoms with van der Waals surface area (Å²) in [5.74, 6) is 0.357. The van der Waals surface area contributed by atoms with Crippen molar-refractivity contribution in [3.05, 3.63) is 175 Å². The molecular weight excluding hydrogens is 613 g/mol. The Bertz CT molecular complexity index is 2590. The number of hydrogen-bond acceptors (Lipinski definition) is 4. The van der Waals surface area contributed by atoms with Gasteiger partial charge in [0.25, 0.3) is 0 Å². The highest BCUT2D eigenvalue weighted by atomic mass is 16.3. The maximum atomic E-state index is 6.44. The standard InChI is InChI=1S/C45H36N4O/c1-3-13-29(14-4-1)43-46-44(30-15-5-2-6-16-30)48-45(47-43)32-17-11-18-33(27-32)49-39-23-9-7-19-35(39)38-28-31(25-26-40(38)49)34-21-12-22-37-36-20-8-10-24-41(36)50-42(34)37/h1-15,17-28,30,43-48H,16H2. The average Bonchev–Trinajstić information content (AvgIpc) is 3.74. The third-order valence-electron chi connectivity index (χ3n) is 10.5. The normalized spacial score (nSPS) is 20.7. The first-order valence-electron chi connectivity index (χ1n) is 17.5. The van der Waals surface area contributed by atoms with Crippen molar-refractivity contribution in [1.82, 2.24) is 20.5 Å². The SMILES string of the molecule is C1=CCC(C2NC(c3ccccc3)NC(c3cccc(-n4c5ccccc5c5cc(-c6cccc7c6oc6ccccc67)ccc54)c3)N2)C=C1. The Balaban J connectivity index is 1.07. The second-order valence-corrected chi connectivity index (χ2v) is 13.4. The highest BCUT2D eigenvalue weighted by molar-refractivity contribution is 6.13. The average molecular weight is 649 g/mol. The molecule has 8 aromatic rings. The molecule has 1 fully saturated rings. The van der Waals surface area contributed by atoms with E-state index < -0.39 is 0 Å². The first-order chi connectivity index (χ1) is 24.8. The molecule has 242 valence electrons. The molecule has 0 bridgehead atoms. The van der Waals surface area contributed by atoms with Gasteiger partial charge in [0.05, 0.1) is 29.5 Å². The van der Waals surface area contributed by atoms with Gasteiger partial charge in [-0.3, -0.25) is 16.0 Å². The molecule has 3 N–H and O–H groups in total. The molecule has 5 heteroatoms. The van der Waals surface area contributed by atoms with E-state index in [0.717, 1.165) is 45.2 Å². The van der Waals surface area contributed by atoms with Crippen LogP contribution >= 0.6 is 0 Å². The summed E-state index contributed by atoms with van der Waals surface area (Å²) in [6.07, 6.45) is 9.95. The van der Waals surface area contributed by atoms with Crippen molar-refractivity contribution in [1.29, 1.82) is 0 Å². The van der Waals surface area contributed by atoms with Gasteiger partial charge in [-0.2, -0.15) is 0 Å². The van der Waals surface area contributed by atoms with Gasteiger partial charge in [0.15, 0.2) is 0 Å². The van der Waals surface area contributed by atoms with Crippen LogP contribution < -0.4 is 16.0 Å². The molecule has 4 unspecified atom stereocenters. The Hall–Kier alpha value is -5.72. The largest absolute Gasteiger partial charge is 0.455 e. The molecule has 2 aromatic heterocycles. The number of nitrogens with zero attached hydrogens (tertiary/aromatic N) is 1. The van der Waals surface area contributed by atoms with Crippen molar-refractivity contribution >= 4 is 43.7 Å². The van der Waals surface area contributed by atoms with Gasteiger partial charge in [-0.05, 0) is 59.5 Å². The highest BCUT2D eigenvalue weighted by Gasteiger charge is 2.32. The molecule has 0 amide bonds. The molecule has 1 aliphatic carbocycles. The molecular formula is C45H36N4O. The molecule has 0 spiro atoms. The molecule has 0 radical (unpaired) electrons. The van der Waals surface area contributed by atoms with Crippen LogP contribution in [0.4, 0.5) is 0 Å². The van der Waals surface area contributed by atoms with E-state index in [1.54, 1.807) is 0 Å². The van der Waals surface area contributed by atoms with E-state index in [-0.39, 0.29) is 18.5 Å². The van der Waals surface area contributed by atoms with E-state index in [9.17, 15) is 0 Å². The van der Waals surface area contributed by atoms with Gasteiger partial charge in [0.1, 0.15) is 11.2 Å². The van der Waals surface area contributed by atoms with Gasteiger partial charge in [0, 0.05) is 38.7 Å². The summed E-state index contributed by atoms with van der Waals surface area (Å²) >= 11 is 0. The van der Waals surface area contributed by atoms with Crippen LogP contribution in [0.25, 0.3) is 60.6 Å². The Morgan fingerprint density at radius 3 is 2.18 bits per heavy atom. The number of allylic oxidation sites excluding steroid dienone is 3. The number of hydrogen-bond donors (Lipinski definition) is 3. The molecule has 1 aliphatic heterocycles. The van der Waals surface area contributed by atoms with Crippen molar-refractivity contribution < 1.29 is 4.42 Å². The third-order valence-corrected chi connectivity index (χ3v) is 10.5. The van der Waals surface area contributed by atoms with Crippen molar-refractivity contribution in [3.63, 3.8) is 0 Å². The fourth-order valence-corrected chi connectivity index (χ4v) is 8.03. The highest BCUT2D eigenvalue weighted by Crippen LogP contribution is 2.39. The van der Waals surface area contributed by atoms with E-state index >= 15 is 0 Å². The zero-order valence-electron chi connectivity index (χ0n) is 27.5. The van der Waals surface area contributed by atoms with Crippen molar-refractivity contribution in [2.45, 2.75) is 24.9 Å². The first-order valence-corrected chi connectivity index (χ1v) is 17.5. The van der Waals surface area contributed by atoms with E-state index in [2.05, 4.69) is 172 Å². The number of fused-ring (bicyclic) bond motifs is 6. The topological polar surface area (TPSA) is 54.2 Å². The molecule has 3 heterocycles. The van der Waals surface area contributed by atoms with Gasteiger partial charge in [-0.25, -0.2) is 0 Å².